The smallest absolute Gasteiger partial charge is 0.337 e. The average Bonchev–Trinajstić information content (AvgIpc) is 2.84. The van der Waals surface area contributed by atoms with Gasteiger partial charge in [-0.25, -0.2) is 9.36 Å². The maximum atomic E-state index is 16.1. The molecule has 0 saturated carbocycles. The number of ether oxygens (including phenoxy) is 1. The van der Waals surface area contributed by atoms with Crippen LogP contribution in [-0.4, -0.2) is 54.1 Å². The van der Waals surface area contributed by atoms with Gasteiger partial charge in [-0.15, -0.1) is 0 Å². The summed E-state index contributed by atoms with van der Waals surface area (Å²) in [6.45, 7) is 2.35. The number of benzene rings is 1. The topological polar surface area (TPSA) is 142 Å². The second-order valence-corrected chi connectivity index (χ2v) is 7.14. The Hall–Kier alpha value is -2.66. The molecule has 0 bridgehead atoms. The van der Waals surface area contributed by atoms with Gasteiger partial charge >= 0.3 is 11.7 Å². The molecule has 1 fully saturated rings. The van der Waals surface area contributed by atoms with E-state index in [2.05, 4.69) is 0 Å². The van der Waals surface area contributed by atoms with E-state index in [9.17, 15) is 29.7 Å². The second kappa shape index (κ2) is 6.45. The molecule has 0 radical (unpaired) electrons. The highest BCUT2D eigenvalue weighted by Gasteiger charge is 2.74. The first-order valence-electron chi connectivity index (χ1n) is 8.35. The number of ketones is 1. The highest BCUT2D eigenvalue weighted by atomic mass is 19.2. The van der Waals surface area contributed by atoms with Gasteiger partial charge in [-0.3, -0.25) is 14.6 Å². The number of nitrogens with zero attached hydrogens (tertiary/aromatic N) is 1. The lowest BCUT2D eigenvalue weighted by Gasteiger charge is -2.34. The minimum Gasteiger partial charge on any atom is -0.388 e. The van der Waals surface area contributed by atoms with Crippen molar-refractivity contribution in [3.8, 4) is 0 Å². The van der Waals surface area contributed by atoms with Crippen LogP contribution >= 0.6 is 0 Å². The number of aromatic amines is 1. The van der Waals surface area contributed by atoms with Gasteiger partial charge in [0.1, 0.15) is 12.2 Å². The Morgan fingerprint density at radius 1 is 1.25 bits per heavy atom. The third-order valence-corrected chi connectivity index (χ3v) is 4.68. The summed E-state index contributed by atoms with van der Waals surface area (Å²) in [4.78, 5) is 38.3. The van der Waals surface area contributed by atoms with Crippen molar-refractivity contribution < 1.29 is 29.2 Å². The van der Waals surface area contributed by atoms with Crippen LogP contribution in [0.15, 0.2) is 52.2 Å². The van der Waals surface area contributed by atoms with Crippen molar-refractivity contribution >= 4 is 5.78 Å². The van der Waals surface area contributed by atoms with Crippen LogP contribution in [-0.2, 0) is 10.7 Å². The Labute approximate surface area is 157 Å². The van der Waals surface area contributed by atoms with E-state index in [0.29, 0.717) is 6.20 Å². The van der Waals surface area contributed by atoms with Gasteiger partial charge in [0.2, 0.25) is 11.4 Å². The molecule has 2 heterocycles. The van der Waals surface area contributed by atoms with Crippen molar-refractivity contribution in [1.29, 1.82) is 0 Å². The zero-order valence-electron chi connectivity index (χ0n) is 15.0. The van der Waals surface area contributed by atoms with E-state index in [1.807, 2.05) is 0 Å². The van der Waals surface area contributed by atoms with E-state index >= 15 is 4.39 Å². The molecule has 0 unspecified atom stereocenters. The molecular weight excluding hydrogens is 375 g/mol. The third kappa shape index (κ3) is 2.81. The maximum Gasteiger partial charge on any atom is 0.337 e. The second-order valence-electron chi connectivity index (χ2n) is 7.14. The average molecular weight is 394 g/mol. The molecule has 1 aliphatic heterocycles. The number of aromatic nitrogens is 2. The van der Waals surface area contributed by atoms with E-state index in [1.165, 1.54) is 38.1 Å². The van der Waals surface area contributed by atoms with Crippen LogP contribution in [0.1, 0.15) is 24.2 Å². The monoisotopic (exact) mass is 394 g/mol. The molecule has 3 rings (SSSR count). The molecule has 1 saturated heterocycles. The standard InChI is InChI=1S/C18H19FN2O7/c1-16(2,26)14-13(24)17(27,12(23)10-6-4-3-5-7-10)18(19,28-14)21-9-8-11(22)20-15(21)25/h3-9,13-14,24,26-27H,1-2H3,(H,20,22,25)/t13-,14+,17-,18+/m1/s1. The Kier molecular flexibility index (Phi) is 4.63. The summed E-state index contributed by atoms with van der Waals surface area (Å²) in [7, 11) is 0. The number of carbonyl (C=O) groups is 1. The van der Waals surface area contributed by atoms with E-state index in [4.69, 9.17) is 4.74 Å². The summed E-state index contributed by atoms with van der Waals surface area (Å²) in [6.07, 6.45) is -3.35. The molecule has 4 atom stereocenters. The van der Waals surface area contributed by atoms with Gasteiger partial charge in [0.05, 0.1) is 5.60 Å². The Balaban J connectivity index is 2.27. The van der Waals surface area contributed by atoms with Crippen LogP contribution in [0.5, 0.6) is 0 Å². The van der Waals surface area contributed by atoms with Gasteiger partial charge in [0.15, 0.2) is 0 Å². The molecule has 28 heavy (non-hydrogen) atoms. The fourth-order valence-electron chi connectivity index (χ4n) is 3.22. The SMILES string of the molecule is CC(C)(O)[C@H]1O[C@@](F)(n2ccc(=O)[nH]c2=O)[C@@](O)(C(=O)c2ccccc2)[C@@H]1O. The molecule has 150 valence electrons. The molecule has 1 aromatic carbocycles. The number of hydrogen-bond donors (Lipinski definition) is 4. The summed E-state index contributed by atoms with van der Waals surface area (Å²) in [5.41, 5.74) is -7.53. The predicted octanol–water partition coefficient (Wildman–Crippen LogP) is -0.739. The van der Waals surface area contributed by atoms with Gasteiger partial charge in [-0.05, 0) is 13.8 Å². The van der Waals surface area contributed by atoms with Crippen LogP contribution < -0.4 is 11.2 Å². The summed E-state index contributed by atoms with van der Waals surface area (Å²) in [6, 6.07) is 7.83. The molecule has 1 aromatic heterocycles. The van der Waals surface area contributed by atoms with Gasteiger partial charge < -0.3 is 20.1 Å². The maximum absolute atomic E-state index is 16.1. The van der Waals surface area contributed by atoms with Crippen molar-refractivity contribution in [2.45, 2.75) is 43.2 Å². The minimum atomic E-state index is -3.62. The number of aliphatic hydroxyl groups excluding tert-OH is 1. The highest BCUT2D eigenvalue weighted by Crippen LogP contribution is 2.48. The molecule has 0 spiro atoms. The fraction of sp³-hybridized carbons (Fsp3) is 0.389. The molecule has 9 nitrogen and oxygen atoms in total. The van der Waals surface area contributed by atoms with Crippen LogP contribution in [0.2, 0.25) is 0 Å². The largest absolute Gasteiger partial charge is 0.388 e. The Bertz CT molecular complexity index is 1010. The molecular formula is C18H19FN2O7. The number of rotatable bonds is 4. The van der Waals surface area contributed by atoms with Crippen molar-refractivity contribution in [1.82, 2.24) is 9.55 Å². The van der Waals surface area contributed by atoms with Gasteiger partial charge in [0, 0.05) is 17.8 Å². The molecule has 0 aliphatic carbocycles. The first-order valence-corrected chi connectivity index (χ1v) is 8.35. The van der Waals surface area contributed by atoms with Crippen LogP contribution in [0.3, 0.4) is 0 Å². The summed E-state index contributed by atoms with van der Waals surface area (Å²) in [5.74, 6) is -4.89. The van der Waals surface area contributed by atoms with Crippen LogP contribution in [0.4, 0.5) is 4.39 Å². The number of carbonyl (C=O) groups excluding carboxylic acids is 1. The summed E-state index contributed by atoms with van der Waals surface area (Å²) >= 11 is 0. The summed E-state index contributed by atoms with van der Waals surface area (Å²) in [5, 5.41) is 32.0. The van der Waals surface area contributed by atoms with Gasteiger partial charge in [-0.2, -0.15) is 4.39 Å². The van der Waals surface area contributed by atoms with Gasteiger partial charge in [-0.1, -0.05) is 30.3 Å². The van der Waals surface area contributed by atoms with E-state index in [1.54, 1.807) is 11.1 Å². The van der Waals surface area contributed by atoms with Crippen molar-refractivity contribution in [3.63, 3.8) is 0 Å². The third-order valence-electron chi connectivity index (χ3n) is 4.68. The number of alkyl halides is 1. The van der Waals surface area contributed by atoms with Gasteiger partial charge in [0.25, 0.3) is 5.56 Å². The predicted molar refractivity (Wildman–Crippen MR) is 93.3 cm³/mol. The van der Waals surface area contributed by atoms with Crippen molar-refractivity contribution in [3.05, 3.63) is 69.0 Å². The number of halogens is 1. The zero-order valence-corrected chi connectivity index (χ0v) is 15.0. The molecule has 2 aromatic rings. The molecule has 4 N–H and O–H groups in total. The zero-order chi connectivity index (χ0) is 20.9. The molecule has 1 aliphatic rings. The Morgan fingerprint density at radius 2 is 1.86 bits per heavy atom. The molecule has 0 amide bonds. The lowest BCUT2D eigenvalue weighted by molar-refractivity contribution is -0.272. The van der Waals surface area contributed by atoms with E-state index in [0.717, 1.165) is 6.07 Å². The number of H-pyrrole nitrogens is 1. The summed E-state index contributed by atoms with van der Waals surface area (Å²) < 4.78 is 21.4. The molecule has 10 heteroatoms. The van der Waals surface area contributed by atoms with E-state index < -0.39 is 46.4 Å². The van der Waals surface area contributed by atoms with Crippen molar-refractivity contribution in [2.75, 3.05) is 0 Å². The quantitative estimate of drug-likeness (QED) is 0.501. The highest BCUT2D eigenvalue weighted by molar-refractivity contribution is 6.03. The number of Topliss-reactive ketones (excluding diaryl/α,β-unsaturated/α-hetero) is 1. The van der Waals surface area contributed by atoms with E-state index in [-0.39, 0.29) is 10.1 Å². The number of hydrogen-bond acceptors (Lipinski definition) is 7. The first kappa shape index (κ1) is 20.1. The van der Waals surface area contributed by atoms with Crippen molar-refractivity contribution in [2.24, 2.45) is 0 Å². The Morgan fingerprint density at radius 3 is 2.39 bits per heavy atom. The van der Waals surface area contributed by atoms with Crippen LogP contribution in [0, 0.1) is 0 Å². The number of nitrogens with one attached hydrogen (secondary N) is 1. The minimum absolute atomic E-state index is 0.157. The first-order chi connectivity index (χ1) is 12.9. The normalized spacial score (nSPS) is 30.4. The fourth-order valence-corrected chi connectivity index (χ4v) is 3.22. The lowest BCUT2D eigenvalue weighted by Crippen LogP contribution is -2.63. The van der Waals surface area contributed by atoms with Crippen LogP contribution in [0.25, 0.3) is 0 Å². The lowest BCUT2D eigenvalue weighted by atomic mass is 9.81. The number of aliphatic hydroxyl groups is 3.